The molecule has 0 radical (unpaired) electrons. The van der Waals surface area contributed by atoms with E-state index in [1.165, 1.54) is 6.92 Å². The highest BCUT2D eigenvalue weighted by Gasteiger charge is 2.32. The van der Waals surface area contributed by atoms with Crippen LogP contribution in [0.2, 0.25) is 0 Å². The Labute approximate surface area is 143 Å². The van der Waals surface area contributed by atoms with E-state index in [0.717, 1.165) is 11.3 Å². The van der Waals surface area contributed by atoms with Crippen molar-refractivity contribution < 1.29 is 14.7 Å². The van der Waals surface area contributed by atoms with E-state index in [4.69, 9.17) is 0 Å². The molecule has 1 aromatic rings. The van der Waals surface area contributed by atoms with Gasteiger partial charge in [-0.25, -0.2) is 0 Å². The first-order valence-corrected chi connectivity index (χ1v) is 8.35. The highest BCUT2D eigenvalue weighted by atomic mass is 16.3. The van der Waals surface area contributed by atoms with Gasteiger partial charge in [0.25, 0.3) is 0 Å². The summed E-state index contributed by atoms with van der Waals surface area (Å²) in [6, 6.07) is 3.72. The molecule has 24 heavy (non-hydrogen) atoms. The number of hydrogen-bond donors (Lipinski definition) is 2. The second-order valence-corrected chi connectivity index (χ2v) is 7.46. The second-order valence-electron chi connectivity index (χ2n) is 7.46. The first-order valence-electron chi connectivity index (χ1n) is 8.35. The van der Waals surface area contributed by atoms with Crippen LogP contribution in [0.5, 0.6) is 0 Å². The molecule has 0 saturated carbocycles. The van der Waals surface area contributed by atoms with Crippen LogP contribution in [0.1, 0.15) is 51.3 Å². The number of carbonyl (C=O) groups excluding carboxylic acids is 2. The largest absolute Gasteiger partial charge is 0.393 e. The summed E-state index contributed by atoms with van der Waals surface area (Å²) in [6.07, 6.45) is 1.68. The number of rotatable bonds is 4. The van der Waals surface area contributed by atoms with E-state index >= 15 is 0 Å². The molecule has 1 aliphatic rings. The zero-order valence-corrected chi connectivity index (χ0v) is 14.9. The lowest BCUT2D eigenvalue weighted by atomic mass is 9.87. The maximum absolute atomic E-state index is 12.6. The van der Waals surface area contributed by atoms with Gasteiger partial charge in [-0.3, -0.25) is 14.6 Å². The number of amides is 2. The maximum Gasteiger partial charge on any atom is 0.230 e. The van der Waals surface area contributed by atoms with Crippen molar-refractivity contribution in [2.45, 2.75) is 52.7 Å². The van der Waals surface area contributed by atoms with Crippen molar-refractivity contribution in [2.24, 2.45) is 5.41 Å². The van der Waals surface area contributed by atoms with E-state index in [1.807, 2.05) is 32.9 Å². The van der Waals surface area contributed by atoms with Crippen LogP contribution in [-0.4, -0.2) is 46.0 Å². The molecule has 2 heterocycles. The highest BCUT2D eigenvalue weighted by molar-refractivity contribution is 5.85. The molecule has 0 aromatic carbocycles. The second kappa shape index (κ2) is 7.30. The van der Waals surface area contributed by atoms with Crippen molar-refractivity contribution in [2.75, 3.05) is 13.1 Å². The molecule has 2 unspecified atom stereocenters. The maximum atomic E-state index is 12.6. The van der Waals surface area contributed by atoms with Gasteiger partial charge in [0.05, 0.1) is 17.7 Å². The number of carbonyl (C=O) groups is 2. The fraction of sp³-hybridized carbons (Fsp3) is 0.611. The van der Waals surface area contributed by atoms with Crippen LogP contribution < -0.4 is 5.32 Å². The molecule has 0 bridgehead atoms. The molecule has 132 valence electrons. The molecule has 2 rings (SSSR count). The first-order chi connectivity index (χ1) is 11.2. The zero-order chi connectivity index (χ0) is 17.9. The number of nitrogens with one attached hydrogen (secondary N) is 1. The molecule has 0 aliphatic carbocycles. The molecule has 2 amide bonds. The number of pyridine rings is 1. The minimum Gasteiger partial charge on any atom is -0.393 e. The van der Waals surface area contributed by atoms with Gasteiger partial charge in [-0.15, -0.1) is 0 Å². The van der Waals surface area contributed by atoms with Gasteiger partial charge in [-0.1, -0.05) is 26.8 Å². The Morgan fingerprint density at radius 1 is 1.46 bits per heavy atom. The van der Waals surface area contributed by atoms with E-state index in [-0.39, 0.29) is 17.2 Å². The third kappa shape index (κ3) is 4.32. The lowest BCUT2D eigenvalue weighted by Gasteiger charge is -2.32. The van der Waals surface area contributed by atoms with Crippen LogP contribution >= 0.6 is 0 Å². The summed E-state index contributed by atoms with van der Waals surface area (Å²) in [5.74, 6) is -0.668. The fourth-order valence-electron chi connectivity index (χ4n) is 2.81. The minimum absolute atomic E-state index is 0.0505. The van der Waals surface area contributed by atoms with Crippen molar-refractivity contribution in [3.05, 3.63) is 29.6 Å². The molecular formula is C18H27N3O3. The van der Waals surface area contributed by atoms with E-state index in [9.17, 15) is 14.7 Å². The number of nitrogens with zero attached hydrogens (tertiary/aromatic N) is 2. The molecule has 0 fully saturated rings. The van der Waals surface area contributed by atoms with Gasteiger partial charge < -0.3 is 15.3 Å². The van der Waals surface area contributed by atoms with Gasteiger partial charge >= 0.3 is 0 Å². The van der Waals surface area contributed by atoms with Gasteiger partial charge in [0.1, 0.15) is 0 Å². The average molecular weight is 333 g/mol. The Balaban J connectivity index is 2.04. The lowest BCUT2D eigenvalue weighted by Crippen LogP contribution is -2.44. The molecule has 0 saturated heterocycles. The summed E-state index contributed by atoms with van der Waals surface area (Å²) in [7, 11) is 0. The van der Waals surface area contributed by atoms with E-state index in [0.29, 0.717) is 26.1 Å². The fourth-order valence-corrected chi connectivity index (χ4v) is 2.81. The Morgan fingerprint density at radius 2 is 2.17 bits per heavy atom. The number of fused-ring (bicyclic) bond motifs is 1. The Bertz CT molecular complexity index is 610. The number of aromatic nitrogens is 1. The molecule has 1 aliphatic heterocycles. The summed E-state index contributed by atoms with van der Waals surface area (Å²) in [5, 5.41) is 12.9. The molecule has 2 atom stereocenters. The van der Waals surface area contributed by atoms with Gasteiger partial charge in [0.2, 0.25) is 11.8 Å². The van der Waals surface area contributed by atoms with Crippen LogP contribution in [0, 0.1) is 5.41 Å². The predicted molar refractivity (Wildman–Crippen MR) is 91.2 cm³/mol. The van der Waals surface area contributed by atoms with Gasteiger partial charge in [0, 0.05) is 32.8 Å². The Kier molecular flexibility index (Phi) is 5.59. The van der Waals surface area contributed by atoms with E-state index in [2.05, 4.69) is 10.3 Å². The van der Waals surface area contributed by atoms with Crippen molar-refractivity contribution in [3.8, 4) is 0 Å². The SMILES string of the molecule is CC(=O)N1Cc2cccnc2C(C(=O)NCCC(O)C(C)(C)C)C1. The van der Waals surface area contributed by atoms with Gasteiger partial charge in [-0.2, -0.15) is 0 Å². The topological polar surface area (TPSA) is 82.5 Å². The standard InChI is InChI=1S/C18H27N3O3/c1-12(22)21-10-13-6-5-8-19-16(13)14(11-21)17(24)20-9-7-15(23)18(2,3)4/h5-6,8,14-15,23H,7,9-11H2,1-4H3,(H,20,24). The lowest BCUT2D eigenvalue weighted by molar-refractivity contribution is -0.131. The Hall–Kier alpha value is -1.95. The smallest absolute Gasteiger partial charge is 0.230 e. The summed E-state index contributed by atoms with van der Waals surface area (Å²) in [4.78, 5) is 30.3. The van der Waals surface area contributed by atoms with Crippen molar-refractivity contribution >= 4 is 11.8 Å². The molecule has 6 nitrogen and oxygen atoms in total. The predicted octanol–water partition coefficient (Wildman–Crippen LogP) is 1.44. The molecule has 2 N–H and O–H groups in total. The summed E-state index contributed by atoms with van der Waals surface area (Å²) >= 11 is 0. The number of aliphatic hydroxyl groups is 1. The monoisotopic (exact) mass is 333 g/mol. The molecular weight excluding hydrogens is 306 g/mol. The Morgan fingerprint density at radius 3 is 2.79 bits per heavy atom. The molecule has 1 aromatic heterocycles. The van der Waals surface area contributed by atoms with Gasteiger partial charge in [-0.05, 0) is 23.5 Å². The summed E-state index contributed by atoms with van der Waals surface area (Å²) < 4.78 is 0. The normalized spacial score (nSPS) is 18.7. The van der Waals surface area contributed by atoms with E-state index in [1.54, 1.807) is 11.1 Å². The van der Waals surface area contributed by atoms with Crippen LogP contribution in [0.3, 0.4) is 0 Å². The first kappa shape index (κ1) is 18.4. The number of hydrogen-bond acceptors (Lipinski definition) is 4. The summed E-state index contributed by atoms with van der Waals surface area (Å²) in [6.45, 7) is 8.63. The molecule has 6 heteroatoms. The third-order valence-electron chi connectivity index (χ3n) is 4.50. The average Bonchev–Trinajstić information content (AvgIpc) is 2.52. The highest BCUT2D eigenvalue weighted by Crippen LogP contribution is 2.27. The van der Waals surface area contributed by atoms with Crippen LogP contribution in [-0.2, 0) is 16.1 Å². The van der Waals surface area contributed by atoms with Crippen molar-refractivity contribution in [1.82, 2.24) is 15.2 Å². The van der Waals surface area contributed by atoms with E-state index < -0.39 is 12.0 Å². The zero-order valence-electron chi connectivity index (χ0n) is 14.9. The van der Waals surface area contributed by atoms with Crippen molar-refractivity contribution in [1.29, 1.82) is 0 Å². The third-order valence-corrected chi connectivity index (χ3v) is 4.50. The van der Waals surface area contributed by atoms with Gasteiger partial charge in [0.15, 0.2) is 0 Å². The summed E-state index contributed by atoms with van der Waals surface area (Å²) in [5.41, 5.74) is 1.44. The van der Waals surface area contributed by atoms with Crippen LogP contribution in [0.4, 0.5) is 0 Å². The molecule has 0 spiro atoms. The van der Waals surface area contributed by atoms with Crippen LogP contribution in [0.15, 0.2) is 18.3 Å². The van der Waals surface area contributed by atoms with Crippen molar-refractivity contribution in [3.63, 3.8) is 0 Å². The van der Waals surface area contributed by atoms with Crippen LogP contribution in [0.25, 0.3) is 0 Å². The quantitative estimate of drug-likeness (QED) is 0.873. The number of aliphatic hydroxyl groups excluding tert-OH is 1. The minimum atomic E-state index is -0.483.